The van der Waals surface area contributed by atoms with Gasteiger partial charge in [0.15, 0.2) is 6.19 Å². The summed E-state index contributed by atoms with van der Waals surface area (Å²) >= 11 is 0. The molecule has 0 saturated heterocycles. The molecule has 0 fully saturated rings. The first-order valence-electron chi connectivity index (χ1n) is 6.12. The molecular formula is C16H16N2O. The van der Waals surface area contributed by atoms with Gasteiger partial charge in [-0.05, 0) is 24.6 Å². The molecular weight excluding hydrogens is 236 g/mol. The summed E-state index contributed by atoms with van der Waals surface area (Å²) in [5.41, 5.74) is 2.97. The molecule has 0 bridgehead atoms. The van der Waals surface area contributed by atoms with E-state index in [0.29, 0.717) is 6.61 Å². The van der Waals surface area contributed by atoms with E-state index >= 15 is 0 Å². The van der Waals surface area contributed by atoms with Crippen molar-refractivity contribution in [2.24, 2.45) is 0 Å². The van der Waals surface area contributed by atoms with Gasteiger partial charge in [-0.3, -0.25) is 4.90 Å². The number of nitriles is 1. The predicted octanol–water partition coefficient (Wildman–Crippen LogP) is 3.49. The Hall–Kier alpha value is -2.47. The van der Waals surface area contributed by atoms with Gasteiger partial charge in [0.2, 0.25) is 0 Å². The molecule has 2 aromatic rings. The van der Waals surface area contributed by atoms with E-state index in [2.05, 4.69) is 6.19 Å². The van der Waals surface area contributed by atoms with Crippen molar-refractivity contribution in [1.29, 1.82) is 5.26 Å². The second kappa shape index (κ2) is 5.92. The molecule has 2 rings (SSSR count). The summed E-state index contributed by atoms with van der Waals surface area (Å²) in [6, 6.07) is 15.7. The second-order valence-corrected chi connectivity index (χ2v) is 4.34. The van der Waals surface area contributed by atoms with Gasteiger partial charge < -0.3 is 4.74 Å². The molecule has 0 atom stereocenters. The Morgan fingerprint density at radius 3 is 2.53 bits per heavy atom. The van der Waals surface area contributed by atoms with Crippen LogP contribution in [0.15, 0.2) is 48.5 Å². The third-order valence-electron chi connectivity index (χ3n) is 2.98. The Morgan fingerprint density at radius 1 is 1.11 bits per heavy atom. The van der Waals surface area contributed by atoms with Crippen LogP contribution in [0.1, 0.15) is 11.1 Å². The Labute approximate surface area is 113 Å². The summed E-state index contributed by atoms with van der Waals surface area (Å²) in [5.74, 6) is 0.872. The van der Waals surface area contributed by atoms with Gasteiger partial charge in [0.05, 0.1) is 5.69 Å². The fourth-order valence-corrected chi connectivity index (χ4v) is 1.89. The molecule has 3 heteroatoms. The van der Waals surface area contributed by atoms with Gasteiger partial charge in [-0.1, -0.05) is 36.4 Å². The number of aryl methyl sites for hydroxylation is 1. The van der Waals surface area contributed by atoms with Crippen LogP contribution in [0.4, 0.5) is 5.69 Å². The maximum absolute atomic E-state index is 8.98. The summed E-state index contributed by atoms with van der Waals surface area (Å²) in [4.78, 5) is 1.54. The minimum atomic E-state index is 0.451. The largest absolute Gasteiger partial charge is 0.489 e. The van der Waals surface area contributed by atoms with Crippen LogP contribution in [0.5, 0.6) is 5.75 Å². The van der Waals surface area contributed by atoms with E-state index < -0.39 is 0 Å². The van der Waals surface area contributed by atoms with Crippen molar-refractivity contribution < 1.29 is 4.74 Å². The summed E-state index contributed by atoms with van der Waals surface area (Å²) in [6.07, 6.45) is 2.11. The average molecular weight is 252 g/mol. The van der Waals surface area contributed by atoms with Crippen LogP contribution in [0.25, 0.3) is 0 Å². The molecule has 0 N–H and O–H groups in total. The summed E-state index contributed by atoms with van der Waals surface area (Å²) in [6.45, 7) is 2.47. The van der Waals surface area contributed by atoms with Gasteiger partial charge in [0.25, 0.3) is 0 Å². The Bertz CT molecular complexity index is 602. The van der Waals surface area contributed by atoms with Crippen molar-refractivity contribution in [1.82, 2.24) is 0 Å². The third kappa shape index (κ3) is 3.05. The van der Waals surface area contributed by atoms with Crippen LogP contribution >= 0.6 is 0 Å². The van der Waals surface area contributed by atoms with E-state index in [1.807, 2.05) is 55.5 Å². The molecule has 0 aliphatic heterocycles. The fraction of sp³-hybridized carbons (Fsp3) is 0.188. The number of benzene rings is 2. The van der Waals surface area contributed by atoms with Crippen molar-refractivity contribution in [3.8, 4) is 11.9 Å². The highest BCUT2D eigenvalue weighted by atomic mass is 16.5. The maximum atomic E-state index is 8.98. The normalized spacial score (nSPS) is 9.74. The molecule has 0 radical (unpaired) electrons. The SMILES string of the molecule is Cc1ccccc1OCc1ccccc1N(C)C#N. The van der Waals surface area contributed by atoms with Crippen LogP contribution < -0.4 is 9.64 Å². The van der Waals surface area contributed by atoms with Crippen LogP contribution in [0.3, 0.4) is 0 Å². The summed E-state index contributed by atoms with van der Waals surface area (Å²) in [7, 11) is 1.74. The lowest BCUT2D eigenvalue weighted by molar-refractivity contribution is 0.304. The van der Waals surface area contributed by atoms with Crippen molar-refractivity contribution in [2.75, 3.05) is 11.9 Å². The minimum Gasteiger partial charge on any atom is -0.489 e. The number of para-hydroxylation sites is 2. The van der Waals surface area contributed by atoms with Crippen molar-refractivity contribution in [3.05, 3.63) is 59.7 Å². The first-order valence-corrected chi connectivity index (χ1v) is 6.12. The highest BCUT2D eigenvalue weighted by Crippen LogP contribution is 2.22. The van der Waals surface area contributed by atoms with Crippen LogP contribution in [0, 0.1) is 18.4 Å². The molecule has 3 nitrogen and oxygen atoms in total. The molecule has 0 heterocycles. The molecule has 0 amide bonds. The van der Waals surface area contributed by atoms with Crippen molar-refractivity contribution in [2.45, 2.75) is 13.5 Å². The van der Waals surface area contributed by atoms with Gasteiger partial charge in [0.1, 0.15) is 12.4 Å². The standard InChI is InChI=1S/C16H16N2O/c1-13-7-3-6-10-16(13)19-11-14-8-4-5-9-15(14)18(2)12-17/h3-10H,11H2,1-2H3. The number of nitrogens with zero attached hydrogens (tertiary/aromatic N) is 2. The predicted molar refractivity (Wildman–Crippen MR) is 76.0 cm³/mol. The van der Waals surface area contributed by atoms with Gasteiger partial charge in [0, 0.05) is 12.6 Å². The Morgan fingerprint density at radius 2 is 1.79 bits per heavy atom. The van der Waals surface area contributed by atoms with E-state index in [0.717, 1.165) is 22.6 Å². The monoisotopic (exact) mass is 252 g/mol. The first kappa shape index (κ1) is 13.0. The zero-order valence-electron chi connectivity index (χ0n) is 11.1. The van der Waals surface area contributed by atoms with E-state index in [-0.39, 0.29) is 0 Å². The zero-order chi connectivity index (χ0) is 13.7. The zero-order valence-corrected chi connectivity index (χ0v) is 11.1. The molecule has 0 spiro atoms. The van der Waals surface area contributed by atoms with Crippen LogP contribution in [-0.4, -0.2) is 7.05 Å². The van der Waals surface area contributed by atoms with E-state index in [1.54, 1.807) is 7.05 Å². The second-order valence-electron chi connectivity index (χ2n) is 4.34. The third-order valence-corrected chi connectivity index (χ3v) is 2.98. The smallest absolute Gasteiger partial charge is 0.184 e. The summed E-state index contributed by atoms with van der Waals surface area (Å²) < 4.78 is 5.82. The molecule has 0 unspecified atom stereocenters. The van der Waals surface area contributed by atoms with Gasteiger partial charge in [-0.15, -0.1) is 0 Å². The average Bonchev–Trinajstić information content (AvgIpc) is 2.46. The number of rotatable bonds is 4. The van der Waals surface area contributed by atoms with Crippen LogP contribution in [-0.2, 0) is 6.61 Å². The molecule has 0 saturated carbocycles. The molecule has 19 heavy (non-hydrogen) atoms. The van der Waals surface area contributed by atoms with Gasteiger partial charge in [-0.25, -0.2) is 0 Å². The minimum absolute atomic E-state index is 0.451. The lowest BCUT2D eigenvalue weighted by atomic mass is 10.1. The maximum Gasteiger partial charge on any atom is 0.184 e. The fourth-order valence-electron chi connectivity index (χ4n) is 1.89. The van der Waals surface area contributed by atoms with E-state index in [4.69, 9.17) is 10.00 Å². The topological polar surface area (TPSA) is 36.3 Å². The van der Waals surface area contributed by atoms with E-state index in [1.165, 1.54) is 4.90 Å². The number of hydrogen-bond acceptors (Lipinski definition) is 3. The van der Waals surface area contributed by atoms with Gasteiger partial charge in [-0.2, -0.15) is 5.26 Å². The number of hydrogen-bond donors (Lipinski definition) is 0. The highest BCUT2D eigenvalue weighted by molar-refractivity contribution is 5.55. The van der Waals surface area contributed by atoms with Crippen LogP contribution in [0.2, 0.25) is 0 Å². The summed E-state index contributed by atoms with van der Waals surface area (Å²) in [5, 5.41) is 8.98. The van der Waals surface area contributed by atoms with E-state index in [9.17, 15) is 0 Å². The lowest BCUT2D eigenvalue weighted by Gasteiger charge is -2.15. The Balaban J connectivity index is 2.17. The molecule has 96 valence electrons. The molecule has 0 aliphatic carbocycles. The first-order chi connectivity index (χ1) is 9.22. The van der Waals surface area contributed by atoms with Gasteiger partial charge >= 0.3 is 0 Å². The molecule has 0 aromatic heterocycles. The molecule has 0 aliphatic rings. The molecule has 2 aromatic carbocycles. The Kier molecular flexibility index (Phi) is 4.04. The lowest BCUT2D eigenvalue weighted by Crippen LogP contribution is -2.11. The highest BCUT2D eigenvalue weighted by Gasteiger charge is 2.07. The number of ether oxygens (including phenoxy) is 1. The number of anilines is 1. The van der Waals surface area contributed by atoms with Crippen molar-refractivity contribution >= 4 is 5.69 Å². The quantitative estimate of drug-likeness (QED) is 0.617. The van der Waals surface area contributed by atoms with Crippen molar-refractivity contribution in [3.63, 3.8) is 0 Å².